The summed E-state index contributed by atoms with van der Waals surface area (Å²) in [6.45, 7) is 0.287. The van der Waals surface area contributed by atoms with Crippen molar-refractivity contribution < 1.29 is 46.1 Å². The van der Waals surface area contributed by atoms with Crippen molar-refractivity contribution >= 4 is 11.7 Å². The van der Waals surface area contributed by atoms with Crippen molar-refractivity contribution in [3.63, 3.8) is 0 Å². The van der Waals surface area contributed by atoms with Crippen molar-refractivity contribution in [3.05, 3.63) is 42.2 Å². The van der Waals surface area contributed by atoms with Crippen LogP contribution >= 0.6 is 0 Å². The summed E-state index contributed by atoms with van der Waals surface area (Å²) in [7, 11) is 0. The Morgan fingerprint density at radius 2 is 1.77 bits per heavy atom. The smallest absolute Gasteiger partial charge is 0.484 e. The molecular formula is C23H20F4N2O6. The minimum Gasteiger partial charge on any atom is -0.484 e. The molecule has 2 aromatic rings. The standard InChI is InChI=1S/C23H20F4N2O6/c1-20(24,25)33-14-2-4-15(28-8-14)16(30)7-21-10-22(11-21,12-21)29-19(31)9-32-13-3-5-17-18(6-13)35-23(26,27)34-17/h2-6,8H,7,9-12H2,1H3,(H,29,31). The second kappa shape index (κ2) is 7.72. The number of amides is 1. The number of carbonyl (C=O) groups is 2. The van der Waals surface area contributed by atoms with Crippen LogP contribution in [0.15, 0.2) is 36.5 Å². The molecular weight excluding hydrogens is 476 g/mol. The molecule has 8 nitrogen and oxygen atoms in total. The second-order valence-corrected chi connectivity index (χ2v) is 9.31. The van der Waals surface area contributed by atoms with Crippen molar-refractivity contribution in [3.8, 4) is 23.0 Å². The van der Waals surface area contributed by atoms with E-state index in [0.717, 1.165) is 6.20 Å². The van der Waals surface area contributed by atoms with E-state index >= 15 is 0 Å². The highest BCUT2D eigenvalue weighted by molar-refractivity contribution is 5.95. The molecule has 1 N–H and O–H groups in total. The number of hydrogen-bond acceptors (Lipinski definition) is 7. The Morgan fingerprint density at radius 3 is 2.43 bits per heavy atom. The number of ether oxygens (including phenoxy) is 4. The highest BCUT2D eigenvalue weighted by Crippen LogP contribution is 2.69. The summed E-state index contributed by atoms with van der Waals surface area (Å²) in [6, 6.07) is 6.48. The van der Waals surface area contributed by atoms with Crippen molar-refractivity contribution in [1.82, 2.24) is 10.3 Å². The number of halogens is 4. The number of carbonyl (C=O) groups excluding carboxylic acids is 2. The number of nitrogens with one attached hydrogen (secondary N) is 1. The number of ketones is 1. The molecule has 1 amide bonds. The van der Waals surface area contributed by atoms with E-state index in [4.69, 9.17) is 4.74 Å². The lowest BCUT2D eigenvalue weighted by Gasteiger charge is -2.70. The van der Waals surface area contributed by atoms with Gasteiger partial charge in [-0.2, -0.15) is 8.78 Å². The topological polar surface area (TPSA) is 96.0 Å². The number of alkyl halides is 4. The number of rotatable bonds is 9. The Balaban J connectivity index is 1.07. The first-order valence-electron chi connectivity index (χ1n) is 10.7. The summed E-state index contributed by atoms with van der Waals surface area (Å²) in [5.41, 5.74) is -0.453. The van der Waals surface area contributed by atoms with Gasteiger partial charge < -0.3 is 24.3 Å². The lowest BCUT2D eigenvalue weighted by atomic mass is 9.38. The van der Waals surface area contributed by atoms with E-state index in [0.29, 0.717) is 26.2 Å². The zero-order chi connectivity index (χ0) is 25.1. The maximum Gasteiger partial charge on any atom is 0.586 e. The van der Waals surface area contributed by atoms with Crippen LogP contribution < -0.4 is 24.3 Å². The van der Waals surface area contributed by atoms with Crippen LogP contribution in [0.2, 0.25) is 0 Å². The fraction of sp³-hybridized carbons (Fsp3) is 0.435. The minimum absolute atomic E-state index is 0.123. The molecule has 1 aliphatic heterocycles. The van der Waals surface area contributed by atoms with Gasteiger partial charge in [-0.25, -0.2) is 4.98 Å². The largest absolute Gasteiger partial charge is 0.586 e. The van der Waals surface area contributed by atoms with E-state index < -0.39 is 17.9 Å². The molecule has 3 aliphatic carbocycles. The van der Waals surface area contributed by atoms with Gasteiger partial charge in [-0.3, -0.25) is 9.59 Å². The SMILES string of the molecule is CC(F)(F)Oc1ccc(C(=O)CC23CC(NC(=O)COc4ccc5c(c4)OC(F)(F)O5)(C2)C3)nc1. The van der Waals surface area contributed by atoms with Crippen LogP contribution in [0.3, 0.4) is 0 Å². The molecule has 186 valence electrons. The number of fused-ring (bicyclic) bond motifs is 1. The Morgan fingerprint density at radius 1 is 1.09 bits per heavy atom. The highest BCUT2D eigenvalue weighted by atomic mass is 19.3. The van der Waals surface area contributed by atoms with Crippen molar-refractivity contribution in [1.29, 1.82) is 0 Å². The van der Waals surface area contributed by atoms with Gasteiger partial charge in [0.05, 0.1) is 6.20 Å². The molecule has 0 saturated heterocycles. The lowest BCUT2D eigenvalue weighted by Crippen LogP contribution is -2.75. The first-order chi connectivity index (χ1) is 16.3. The molecule has 1 aromatic heterocycles. The number of Topliss-reactive ketones (excluding diaryl/α,β-unsaturated/α-hetero) is 1. The second-order valence-electron chi connectivity index (χ2n) is 9.31. The maximum absolute atomic E-state index is 13.1. The van der Waals surface area contributed by atoms with Crippen LogP contribution in [0.1, 0.15) is 43.1 Å². The molecule has 2 heterocycles. The summed E-state index contributed by atoms with van der Waals surface area (Å²) in [4.78, 5) is 28.8. The van der Waals surface area contributed by atoms with E-state index in [-0.39, 0.29) is 58.8 Å². The molecule has 35 heavy (non-hydrogen) atoms. The number of benzene rings is 1. The Hall–Kier alpha value is -3.57. The first kappa shape index (κ1) is 23.2. The third-order valence-corrected chi connectivity index (χ3v) is 6.14. The fourth-order valence-electron chi connectivity index (χ4n) is 5.06. The molecule has 2 bridgehead atoms. The van der Waals surface area contributed by atoms with Gasteiger partial charge in [0, 0.05) is 24.9 Å². The normalized spacial score (nSPS) is 25.2. The zero-order valence-electron chi connectivity index (χ0n) is 18.4. The van der Waals surface area contributed by atoms with E-state index in [1.165, 1.54) is 30.3 Å². The van der Waals surface area contributed by atoms with Gasteiger partial charge in [-0.1, -0.05) is 0 Å². The van der Waals surface area contributed by atoms with Crippen molar-refractivity contribution in [2.75, 3.05) is 6.61 Å². The lowest BCUT2D eigenvalue weighted by molar-refractivity contribution is -0.286. The third kappa shape index (κ3) is 4.82. The van der Waals surface area contributed by atoms with Crippen LogP contribution in [-0.4, -0.2) is 41.2 Å². The van der Waals surface area contributed by atoms with Crippen LogP contribution in [0, 0.1) is 5.41 Å². The number of pyridine rings is 1. The van der Waals surface area contributed by atoms with Gasteiger partial charge in [-0.15, -0.1) is 8.78 Å². The van der Waals surface area contributed by atoms with Crippen molar-refractivity contribution in [2.45, 2.75) is 50.5 Å². The molecule has 12 heteroatoms. The Bertz CT molecular complexity index is 1160. The van der Waals surface area contributed by atoms with E-state index in [1.54, 1.807) is 0 Å². The predicted octanol–water partition coefficient (Wildman–Crippen LogP) is 4.09. The van der Waals surface area contributed by atoms with Crippen LogP contribution in [0.4, 0.5) is 17.6 Å². The summed E-state index contributed by atoms with van der Waals surface area (Å²) in [5.74, 6) is -0.858. The summed E-state index contributed by atoms with van der Waals surface area (Å²) in [6.07, 6.45) is -3.88. The molecule has 6 rings (SSSR count). The fourth-order valence-corrected chi connectivity index (χ4v) is 5.06. The maximum atomic E-state index is 13.1. The molecule has 1 aromatic carbocycles. The van der Waals surface area contributed by atoms with Crippen LogP contribution in [-0.2, 0) is 4.79 Å². The molecule has 0 radical (unpaired) electrons. The summed E-state index contributed by atoms with van der Waals surface area (Å²) >= 11 is 0. The minimum atomic E-state index is -3.74. The summed E-state index contributed by atoms with van der Waals surface area (Å²) < 4.78 is 70.4. The van der Waals surface area contributed by atoms with E-state index in [9.17, 15) is 27.2 Å². The molecule has 3 fully saturated rings. The molecule has 3 saturated carbocycles. The number of hydrogen-bond donors (Lipinski definition) is 1. The Kier molecular flexibility index (Phi) is 5.11. The van der Waals surface area contributed by atoms with Gasteiger partial charge in [0.15, 0.2) is 23.9 Å². The van der Waals surface area contributed by atoms with Gasteiger partial charge in [0.2, 0.25) is 0 Å². The monoisotopic (exact) mass is 496 g/mol. The molecule has 0 atom stereocenters. The predicted molar refractivity (Wildman–Crippen MR) is 110 cm³/mol. The van der Waals surface area contributed by atoms with Gasteiger partial charge in [0.25, 0.3) is 5.91 Å². The summed E-state index contributed by atoms with van der Waals surface area (Å²) in [5, 5.41) is 2.91. The zero-order valence-corrected chi connectivity index (χ0v) is 18.4. The number of nitrogens with zero attached hydrogens (tertiary/aromatic N) is 1. The average molecular weight is 496 g/mol. The van der Waals surface area contributed by atoms with Gasteiger partial charge in [-0.05, 0) is 48.9 Å². The molecule has 0 spiro atoms. The first-order valence-corrected chi connectivity index (χ1v) is 10.7. The highest BCUT2D eigenvalue weighted by Gasteiger charge is 2.68. The Labute approximate surface area is 196 Å². The third-order valence-electron chi connectivity index (χ3n) is 6.14. The molecule has 4 aliphatic rings. The van der Waals surface area contributed by atoms with Gasteiger partial charge in [0.1, 0.15) is 17.2 Å². The average Bonchev–Trinajstić information content (AvgIpc) is 3.02. The van der Waals surface area contributed by atoms with Gasteiger partial charge >= 0.3 is 12.4 Å². The van der Waals surface area contributed by atoms with Crippen LogP contribution in [0.25, 0.3) is 0 Å². The quantitative estimate of drug-likeness (QED) is 0.413. The van der Waals surface area contributed by atoms with Crippen LogP contribution in [0.5, 0.6) is 23.0 Å². The number of aromatic nitrogens is 1. The van der Waals surface area contributed by atoms with E-state index in [2.05, 4.69) is 24.5 Å². The van der Waals surface area contributed by atoms with E-state index in [1.807, 2.05) is 0 Å². The van der Waals surface area contributed by atoms with Crippen molar-refractivity contribution in [2.24, 2.45) is 5.41 Å². The molecule has 0 unspecified atom stereocenters.